The quantitative estimate of drug-likeness (QED) is 0.194. The molecule has 3 fully saturated rings. The number of thiol groups is 1. The number of aliphatic hydroxyl groups excluding tert-OH is 1. The fourth-order valence-electron chi connectivity index (χ4n) is 5.02. The zero-order valence-corrected chi connectivity index (χ0v) is 24.4. The van der Waals surface area contributed by atoms with Crippen molar-refractivity contribution < 1.29 is 42.1 Å². The molecule has 6 rings (SSSR count). The number of aromatic nitrogens is 6. The molecule has 0 aromatic carbocycles. The van der Waals surface area contributed by atoms with Crippen molar-refractivity contribution in [2.75, 3.05) is 18.9 Å². The summed E-state index contributed by atoms with van der Waals surface area (Å²) in [7, 11) is 0. The molecule has 5 N–H and O–H groups in total. The summed E-state index contributed by atoms with van der Waals surface area (Å²) in [5, 5.41) is 11.1. The van der Waals surface area contributed by atoms with Gasteiger partial charge in [0.05, 0.1) is 25.6 Å². The highest BCUT2D eigenvalue weighted by Gasteiger charge is 2.51. The Bertz CT molecular complexity index is 1580. The molecular weight excluding hydrogens is 624 g/mol. The number of nitrogens with zero attached hydrogens (tertiary/aromatic N) is 5. The Balaban J connectivity index is 1.28. The Hall–Kier alpha value is -2.02. The molecule has 17 nitrogen and oxygen atoms in total. The molecule has 2 aliphatic heterocycles. The first-order valence-corrected chi connectivity index (χ1v) is 17.6. The van der Waals surface area contributed by atoms with Gasteiger partial charge in [-0.15, -0.1) is 0 Å². The molecule has 0 radical (unpaired) electrons. The molecule has 3 aliphatic rings. The SMILES string of the molecule is Nc1nc2c(ncn2[C@@H]2OC3COP(O)(=S)O[C@H]4C[C@H](Oc5ccncn5)C[C@@H]4COP(=O)(S)O[C@@H]2[C@@H]3O)c(=O)[nH]1. The number of hydrogen-bond donors (Lipinski definition) is 5. The summed E-state index contributed by atoms with van der Waals surface area (Å²) in [6.07, 6.45) is -1.50. The second-order valence-electron chi connectivity index (χ2n) is 9.59. The number of hydrogen-bond acceptors (Lipinski definition) is 15. The van der Waals surface area contributed by atoms with Gasteiger partial charge in [0, 0.05) is 24.6 Å². The number of aromatic amines is 1. The van der Waals surface area contributed by atoms with Crippen LogP contribution in [0.3, 0.4) is 0 Å². The van der Waals surface area contributed by atoms with Crippen LogP contribution in [0.2, 0.25) is 0 Å². The third-order valence-corrected chi connectivity index (χ3v) is 10.0. The van der Waals surface area contributed by atoms with E-state index in [1.165, 1.54) is 23.4 Å². The molecule has 3 unspecified atom stereocenters. The predicted molar refractivity (Wildman–Crippen MR) is 146 cm³/mol. The van der Waals surface area contributed by atoms with Crippen molar-refractivity contribution in [1.29, 1.82) is 0 Å². The summed E-state index contributed by atoms with van der Waals surface area (Å²) in [6.45, 7) is -8.61. The molecule has 3 aromatic rings. The van der Waals surface area contributed by atoms with Gasteiger partial charge in [-0.1, -0.05) is 12.2 Å². The first kappa shape index (κ1) is 29.1. The molecule has 21 heteroatoms. The highest BCUT2D eigenvalue weighted by atomic mass is 32.7. The molecule has 1 aliphatic carbocycles. The number of rotatable bonds is 3. The van der Waals surface area contributed by atoms with E-state index in [2.05, 4.69) is 37.2 Å². The molecule has 0 spiro atoms. The van der Waals surface area contributed by atoms with Crippen LogP contribution in [-0.2, 0) is 39.2 Å². The number of anilines is 1. The van der Waals surface area contributed by atoms with Crippen molar-refractivity contribution in [3.05, 3.63) is 35.3 Å². The first-order chi connectivity index (χ1) is 19.5. The van der Waals surface area contributed by atoms with Gasteiger partial charge in [-0.05, 0) is 18.2 Å². The van der Waals surface area contributed by atoms with E-state index >= 15 is 0 Å². The van der Waals surface area contributed by atoms with Gasteiger partial charge >= 0.3 is 13.5 Å². The molecule has 41 heavy (non-hydrogen) atoms. The van der Waals surface area contributed by atoms with E-state index in [-0.39, 0.29) is 23.7 Å². The topological polar surface area (TPSA) is 228 Å². The van der Waals surface area contributed by atoms with Crippen molar-refractivity contribution >= 4 is 54.7 Å². The van der Waals surface area contributed by atoms with E-state index < -0.39 is 68.3 Å². The lowest BCUT2D eigenvalue weighted by Gasteiger charge is -2.27. The molecule has 9 atom stereocenters. The third-order valence-electron chi connectivity index (χ3n) is 6.84. The standard InChI is InChI=1S/C20H25N7O10P2S2/c21-20-25-17-14(18(29)26-20)24-8-27(17)19-16-15(28)12(35-19)6-33-38(30,40)36-11-4-10(34-13-1-2-22-7-23-13)3-9(11)5-32-39(31,41)37-16/h1-2,7-12,15-16,19,28H,3-6H2,(H,30,40)(H,31,41)(H3,21,25,26,29)/t9-,10-,11+,12?,15-,16-,19-,38?,39?/m1/s1. The van der Waals surface area contributed by atoms with Crippen LogP contribution in [0, 0.1) is 5.92 Å². The monoisotopic (exact) mass is 649 g/mol. The second-order valence-corrected chi connectivity index (χ2v) is 15.3. The van der Waals surface area contributed by atoms with Crippen molar-refractivity contribution in [2.24, 2.45) is 5.92 Å². The van der Waals surface area contributed by atoms with Crippen LogP contribution in [0.1, 0.15) is 19.1 Å². The Morgan fingerprint density at radius 2 is 2.05 bits per heavy atom. The highest BCUT2D eigenvalue weighted by molar-refractivity contribution is 8.44. The predicted octanol–water partition coefficient (Wildman–Crippen LogP) is 0.680. The minimum Gasteiger partial charge on any atom is -0.474 e. The fourth-order valence-corrected chi connectivity index (χ4v) is 8.04. The van der Waals surface area contributed by atoms with Crippen LogP contribution >= 0.6 is 25.8 Å². The van der Waals surface area contributed by atoms with Crippen molar-refractivity contribution in [3.8, 4) is 5.88 Å². The lowest BCUT2D eigenvalue weighted by atomic mass is 10.1. The Labute approximate surface area is 241 Å². The number of H-pyrrole nitrogens is 1. The van der Waals surface area contributed by atoms with Gasteiger partial charge in [0.1, 0.15) is 30.7 Å². The molecule has 0 amide bonds. The zero-order valence-electron chi connectivity index (χ0n) is 20.9. The Morgan fingerprint density at radius 1 is 1.22 bits per heavy atom. The average Bonchev–Trinajstić information content (AvgIpc) is 3.57. The Morgan fingerprint density at radius 3 is 2.83 bits per heavy atom. The van der Waals surface area contributed by atoms with Gasteiger partial charge in [0.25, 0.3) is 5.56 Å². The summed E-state index contributed by atoms with van der Waals surface area (Å²) in [6, 6.07) is 1.60. The van der Waals surface area contributed by atoms with Crippen LogP contribution in [0.4, 0.5) is 5.95 Å². The third kappa shape index (κ3) is 6.21. The maximum Gasteiger partial charge on any atom is 0.386 e. The smallest absolute Gasteiger partial charge is 0.386 e. The maximum atomic E-state index is 13.4. The van der Waals surface area contributed by atoms with Crippen molar-refractivity contribution in [2.45, 2.75) is 49.6 Å². The molecule has 2 bridgehead atoms. The maximum absolute atomic E-state index is 13.4. The van der Waals surface area contributed by atoms with Crippen LogP contribution in [0.15, 0.2) is 29.7 Å². The largest absolute Gasteiger partial charge is 0.474 e. The summed E-state index contributed by atoms with van der Waals surface area (Å²) < 4.78 is 49.3. The van der Waals surface area contributed by atoms with Crippen LogP contribution in [-0.4, -0.2) is 83.2 Å². The summed E-state index contributed by atoms with van der Waals surface area (Å²) >= 11 is 9.39. The van der Waals surface area contributed by atoms with E-state index in [0.29, 0.717) is 18.7 Å². The van der Waals surface area contributed by atoms with Gasteiger partial charge in [0.2, 0.25) is 11.8 Å². The van der Waals surface area contributed by atoms with Crippen LogP contribution < -0.4 is 16.0 Å². The van der Waals surface area contributed by atoms with E-state index in [1.807, 2.05) is 0 Å². The van der Waals surface area contributed by atoms with Gasteiger partial charge in [-0.25, -0.2) is 19.5 Å². The molecule has 222 valence electrons. The summed E-state index contributed by atoms with van der Waals surface area (Å²) in [4.78, 5) is 41.6. The number of nitrogen functional groups attached to an aromatic ring is 1. The zero-order chi connectivity index (χ0) is 28.9. The number of aliphatic hydroxyl groups is 1. The first-order valence-electron chi connectivity index (χ1n) is 12.3. The molecule has 1 saturated carbocycles. The lowest BCUT2D eigenvalue weighted by Crippen LogP contribution is -2.35. The summed E-state index contributed by atoms with van der Waals surface area (Å²) in [5.41, 5.74) is 5.07. The van der Waals surface area contributed by atoms with Crippen LogP contribution in [0.25, 0.3) is 11.2 Å². The minimum atomic E-state index is -4.15. The van der Waals surface area contributed by atoms with E-state index in [1.54, 1.807) is 6.07 Å². The lowest BCUT2D eigenvalue weighted by molar-refractivity contribution is -0.0502. The normalized spacial score (nSPS) is 38.1. The number of fused-ring (bicyclic) bond motifs is 4. The number of imidazole rings is 1. The average molecular weight is 650 g/mol. The second kappa shape index (κ2) is 11.2. The van der Waals surface area contributed by atoms with E-state index in [9.17, 15) is 19.4 Å². The minimum absolute atomic E-state index is 0.0220. The summed E-state index contributed by atoms with van der Waals surface area (Å²) in [5.74, 6) is -0.284. The van der Waals surface area contributed by atoms with Crippen LogP contribution in [0.5, 0.6) is 5.88 Å². The van der Waals surface area contributed by atoms with Gasteiger partial charge in [0.15, 0.2) is 17.4 Å². The molecule has 5 heterocycles. The number of nitrogens with one attached hydrogen (secondary N) is 1. The highest BCUT2D eigenvalue weighted by Crippen LogP contribution is 2.58. The fraction of sp³-hybridized carbons (Fsp3) is 0.550. The number of nitrogens with two attached hydrogens (primary N) is 1. The van der Waals surface area contributed by atoms with Crippen molar-refractivity contribution in [3.63, 3.8) is 0 Å². The molecular formula is C20H25N7O10P2S2. The molecule has 3 aromatic heterocycles. The van der Waals surface area contributed by atoms with E-state index in [0.717, 1.165) is 0 Å². The number of ether oxygens (including phenoxy) is 2. The van der Waals surface area contributed by atoms with Gasteiger partial charge in [-0.3, -0.25) is 18.9 Å². The van der Waals surface area contributed by atoms with Crippen molar-refractivity contribution in [1.82, 2.24) is 29.5 Å². The Kier molecular flexibility index (Phi) is 7.97. The van der Waals surface area contributed by atoms with Gasteiger partial charge in [-0.2, -0.15) is 4.98 Å². The van der Waals surface area contributed by atoms with E-state index in [4.69, 9.17) is 45.1 Å². The molecule has 2 saturated heterocycles. The van der Waals surface area contributed by atoms with Gasteiger partial charge < -0.3 is 38.8 Å².